The maximum Gasteiger partial charge on any atom is 0.231 e. The average molecular weight is 429 g/mol. The van der Waals surface area contributed by atoms with Gasteiger partial charge < -0.3 is 5.32 Å². The molecule has 5 nitrogen and oxygen atoms in total. The fraction of sp³-hybridized carbons (Fsp3) is 0.500. The highest BCUT2D eigenvalue weighted by Gasteiger charge is 2.42. The lowest BCUT2D eigenvalue weighted by molar-refractivity contribution is -0.129. The van der Waals surface area contributed by atoms with Crippen LogP contribution >= 0.6 is 0 Å². The lowest BCUT2D eigenvalue weighted by Crippen LogP contribution is -2.47. The molecule has 1 aliphatic carbocycles. The molecule has 0 radical (unpaired) electrons. The normalized spacial score (nSPS) is 17.5. The van der Waals surface area contributed by atoms with E-state index in [1.54, 1.807) is 18.3 Å². The van der Waals surface area contributed by atoms with Crippen molar-refractivity contribution >= 4 is 15.7 Å². The van der Waals surface area contributed by atoms with Crippen molar-refractivity contribution < 1.29 is 13.2 Å². The Balaban J connectivity index is 1.93. The summed E-state index contributed by atoms with van der Waals surface area (Å²) in [6.45, 7) is 4.30. The van der Waals surface area contributed by atoms with Crippen molar-refractivity contribution in [2.24, 2.45) is 5.92 Å². The van der Waals surface area contributed by atoms with Gasteiger partial charge in [0.25, 0.3) is 0 Å². The number of carbonyl (C=O) groups excluding carboxylic acids is 1. The molecule has 0 saturated heterocycles. The number of rotatable bonds is 7. The Morgan fingerprint density at radius 2 is 1.77 bits per heavy atom. The molecule has 0 aliphatic heterocycles. The first kappa shape index (κ1) is 22.5. The summed E-state index contributed by atoms with van der Waals surface area (Å²) in [5, 5.41) is 3.32. The second-order valence-corrected chi connectivity index (χ2v) is 10.9. The molecule has 1 amide bonds. The molecule has 1 fully saturated rings. The van der Waals surface area contributed by atoms with Crippen LogP contribution in [0.2, 0.25) is 0 Å². The zero-order chi connectivity index (χ0) is 21.8. The molecule has 1 heterocycles. The van der Waals surface area contributed by atoms with Gasteiger partial charge in [0.1, 0.15) is 0 Å². The minimum absolute atomic E-state index is 0.0313. The SMILES string of the molecule is CC(C)C[C@@H](NC(=O)C1(c2ccc(S(C)(=O)=O)cc2)CCCCC1)c1cccnc1. The van der Waals surface area contributed by atoms with Crippen molar-refractivity contribution in [1.29, 1.82) is 0 Å². The number of benzene rings is 1. The van der Waals surface area contributed by atoms with E-state index in [1.165, 1.54) is 6.26 Å². The lowest BCUT2D eigenvalue weighted by atomic mass is 9.68. The standard InChI is InChI=1S/C24H32N2O3S/c1-18(2)16-22(19-8-7-15-25-17-19)26-23(27)24(13-5-4-6-14-24)20-9-11-21(12-10-20)30(3,28)29/h7-12,15,17-18,22H,4-6,13-14,16H2,1-3H3,(H,26,27)/t22-/m1/s1. The van der Waals surface area contributed by atoms with Crippen LogP contribution in [0.15, 0.2) is 53.7 Å². The molecular formula is C24H32N2O3S. The minimum Gasteiger partial charge on any atom is -0.348 e. The lowest BCUT2D eigenvalue weighted by Gasteiger charge is -2.38. The van der Waals surface area contributed by atoms with Gasteiger partial charge in [0.2, 0.25) is 5.91 Å². The Bertz CT molecular complexity index is 948. The molecule has 1 aliphatic rings. The fourth-order valence-electron chi connectivity index (χ4n) is 4.45. The highest BCUT2D eigenvalue weighted by molar-refractivity contribution is 7.90. The Labute approximate surface area is 180 Å². The van der Waals surface area contributed by atoms with Crippen LogP contribution in [-0.2, 0) is 20.0 Å². The predicted molar refractivity (Wildman–Crippen MR) is 119 cm³/mol. The molecular weight excluding hydrogens is 396 g/mol. The molecule has 1 saturated carbocycles. The van der Waals surface area contributed by atoms with Crippen LogP contribution in [-0.4, -0.2) is 25.6 Å². The van der Waals surface area contributed by atoms with E-state index in [0.29, 0.717) is 5.92 Å². The van der Waals surface area contributed by atoms with E-state index >= 15 is 0 Å². The summed E-state index contributed by atoms with van der Waals surface area (Å²) >= 11 is 0. The van der Waals surface area contributed by atoms with Gasteiger partial charge in [0.05, 0.1) is 16.4 Å². The van der Waals surface area contributed by atoms with Gasteiger partial charge in [-0.15, -0.1) is 0 Å². The first-order valence-electron chi connectivity index (χ1n) is 10.7. The summed E-state index contributed by atoms with van der Waals surface area (Å²) in [6, 6.07) is 10.7. The number of hydrogen-bond acceptors (Lipinski definition) is 4. The summed E-state index contributed by atoms with van der Waals surface area (Å²) in [6.07, 6.45) is 10.2. The second-order valence-electron chi connectivity index (χ2n) is 8.88. The summed E-state index contributed by atoms with van der Waals surface area (Å²) in [4.78, 5) is 18.2. The third-order valence-corrected chi connectivity index (χ3v) is 7.20. The number of sulfone groups is 1. The molecule has 1 aromatic heterocycles. The Hall–Kier alpha value is -2.21. The molecule has 0 unspecified atom stereocenters. The molecule has 30 heavy (non-hydrogen) atoms. The van der Waals surface area contributed by atoms with Gasteiger partial charge in [-0.2, -0.15) is 0 Å². The quantitative estimate of drug-likeness (QED) is 0.700. The van der Waals surface area contributed by atoms with Crippen molar-refractivity contribution in [3.63, 3.8) is 0 Å². The fourth-order valence-corrected chi connectivity index (χ4v) is 5.08. The summed E-state index contributed by atoms with van der Waals surface area (Å²) in [7, 11) is -3.27. The summed E-state index contributed by atoms with van der Waals surface area (Å²) in [5.74, 6) is 0.454. The highest BCUT2D eigenvalue weighted by atomic mass is 32.2. The van der Waals surface area contributed by atoms with Gasteiger partial charge in [-0.1, -0.05) is 51.3 Å². The molecule has 6 heteroatoms. The van der Waals surface area contributed by atoms with Crippen LogP contribution in [0.3, 0.4) is 0 Å². The zero-order valence-electron chi connectivity index (χ0n) is 18.1. The number of aromatic nitrogens is 1. The number of nitrogens with one attached hydrogen (secondary N) is 1. The maximum absolute atomic E-state index is 13.7. The van der Waals surface area contributed by atoms with Crippen LogP contribution in [0.25, 0.3) is 0 Å². The van der Waals surface area contributed by atoms with E-state index in [2.05, 4.69) is 24.1 Å². The molecule has 3 rings (SSSR count). The van der Waals surface area contributed by atoms with Crippen LogP contribution in [0.5, 0.6) is 0 Å². The van der Waals surface area contributed by atoms with E-state index < -0.39 is 15.3 Å². The summed E-state index contributed by atoms with van der Waals surface area (Å²) in [5.41, 5.74) is 1.30. The molecule has 1 atom stereocenters. The summed E-state index contributed by atoms with van der Waals surface area (Å²) < 4.78 is 23.7. The molecule has 2 aromatic rings. The first-order chi connectivity index (χ1) is 14.2. The first-order valence-corrected chi connectivity index (χ1v) is 12.6. The van der Waals surface area contributed by atoms with Crippen molar-refractivity contribution in [2.45, 2.75) is 68.7 Å². The third-order valence-electron chi connectivity index (χ3n) is 6.08. The monoisotopic (exact) mass is 428 g/mol. The van der Waals surface area contributed by atoms with Gasteiger partial charge in [-0.25, -0.2) is 8.42 Å². The topological polar surface area (TPSA) is 76.1 Å². The van der Waals surface area contributed by atoms with E-state index in [1.807, 2.05) is 30.5 Å². The number of nitrogens with zero attached hydrogens (tertiary/aromatic N) is 1. The van der Waals surface area contributed by atoms with Gasteiger partial charge >= 0.3 is 0 Å². The van der Waals surface area contributed by atoms with Gasteiger partial charge in [0.15, 0.2) is 9.84 Å². The number of carbonyl (C=O) groups is 1. The maximum atomic E-state index is 13.7. The van der Waals surface area contributed by atoms with E-state index in [0.717, 1.165) is 49.7 Å². The molecule has 162 valence electrons. The third kappa shape index (κ3) is 5.09. The molecule has 1 N–H and O–H groups in total. The number of pyridine rings is 1. The van der Waals surface area contributed by atoms with Gasteiger partial charge in [-0.3, -0.25) is 9.78 Å². The predicted octanol–water partition coefficient (Wildman–Crippen LogP) is 4.59. The van der Waals surface area contributed by atoms with Gasteiger partial charge in [0, 0.05) is 18.6 Å². The van der Waals surface area contributed by atoms with Crippen LogP contribution < -0.4 is 5.32 Å². The van der Waals surface area contributed by atoms with Crippen LogP contribution in [0.1, 0.15) is 69.5 Å². The van der Waals surface area contributed by atoms with Gasteiger partial charge in [-0.05, 0) is 54.5 Å². The van der Waals surface area contributed by atoms with E-state index in [4.69, 9.17) is 0 Å². The zero-order valence-corrected chi connectivity index (χ0v) is 18.9. The van der Waals surface area contributed by atoms with Crippen LogP contribution in [0.4, 0.5) is 0 Å². The Morgan fingerprint density at radius 1 is 1.10 bits per heavy atom. The van der Waals surface area contributed by atoms with E-state index in [-0.39, 0.29) is 16.8 Å². The van der Waals surface area contributed by atoms with Crippen LogP contribution in [0, 0.1) is 5.92 Å². The molecule has 0 bridgehead atoms. The number of amides is 1. The van der Waals surface area contributed by atoms with Crippen molar-refractivity contribution in [3.8, 4) is 0 Å². The Kier molecular flexibility index (Phi) is 6.96. The minimum atomic E-state index is -3.27. The largest absolute Gasteiger partial charge is 0.348 e. The second kappa shape index (κ2) is 9.29. The Morgan fingerprint density at radius 3 is 2.30 bits per heavy atom. The number of hydrogen-bond donors (Lipinski definition) is 1. The molecule has 1 aromatic carbocycles. The van der Waals surface area contributed by atoms with E-state index in [9.17, 15) is 13.2 Å². The van der Waals surface area contributed by atoms with Crippen molar-refractivity contribution in [2.75, 3.05) is 6.26 Å². The van der Waals surface area contributed by atoms with Crippen molar-refractivity contribution in [3.05, 3.63) is 59.9 Å². The smallest absolute Gasteiger partial charge is 0.231 e. The highest BCUT2D eigenvalue weighted by Crippen LogP contribution is 2.41. The average Bonchev–Trinajstić information content (AvgIpc) is 2.73. The van der Waals surface area contributed by atoms with Crippen molar-refractivity contribution in [1.82, 2.24) is 10.3 Å². The molecule has 0 spiro atoms.